The summed E-state index contributed by atoms with van der Waals surface area (Å²) >= 11 is 9.87. The summed E-state index contributed by atoms with van der Waals surface area (Å²) in [5, 5.41) is 8.95. The van der Waals surface area contributed by atoms with Crippen LogP contribution in [-0.4, -0.2) is 31.5 Å². The van der Waals surface area contributed by atoms with Crippen molar-refractivity contribution in [2.45, 2.75) is 33.2 Å². The standard InChI is InChI=1S/C8H13NO2S2/c1-5(12)9(6(2)13)8(3,4)7(10)11/h1-4H3,(H,10,11). The summed E-state index contributed by atoms with van der Waals surface area (Å²) in [6.07, 6.45) is 0. The minimum Gasteiger partial charge on any atom is -0.480 e. The van der Waals surface area contributed by atoms with Gasteiger partial charge in [0, 0.05) is 0 Å². The van der Waals surface area contributed by atoms with E-state index in [0.29, 0.717) is 9.98 Å². The summed E-state index contributed by atoms with van der Waals surface area (Å²) in [4.78, 5) is 13.3. The molecule has 0 unspecified atom stereocenters. The zero-order chi connectivity index (χ0) is 10.8. The van der Waals surface area contributed by atoms with Crippen molar-refractivity contribution in [2.75, 3.05) is 0 Å². The third kappa shape index (κ3) is 2.70. The average Bonchev–Trinajstić information content (AvgIpc) is 1.82. The van der Waals surface area contributed by atoms with Crippen LogP contribution in [0.4, 0.5) is 0 Å². The molecule has 0 bridgehead atoms. The van der Waals surface area contributed by atoms with Gasteiger partial charge >= 0.3 is 5.97 Å². The smallest absolute Gasteiger partial charge is 0.329 e. The lowest BCUT2D eigenvalue weighted by molar-refractivity contribution is -0.145. The van der Waals surface area contributed by atoms with Gasteiger partial charge in [-0.25, -0.2) is 4.79 Å². The number of rotatable bonds is 2. The third-order valence-corrected chi connectivity index (χ3v) is 2.08. The highest BCUT2D eigenvalue weighted by atomic mass is 32.1. The molecule has 74 valence electrons. The Morgan fingerprint density at radius 3 is 1.62 bits per heavy atom. The molecular weight excluding hydrogens is 206 g/mol. The molecule has 0 amide bonds. The molecule has 0 aromatic carbocycles. The van der Waals surface area contributed by atoms with E-state index in [-0.39, 0.29) is 0 Å². The predicted molar refractivity (Wildman–Crippen MR) is 60.1 cm³/mol. The highest BCUT2D eigenvalue weighted by molar-refractivity contribution is 7.81. The van der Waals surface area contributed by atoms with Gasteiger partial charge in [0.05, 0.1) is 9.98 Å². The molecule has 0 atom stereocenters. The van der Waals surface area contributed by atoms with Crippen molar-refractivity contribution in [3.63, 3.8) is 0 Å². The first kappa shape index (κ1) is 12.4. The number of carboxylic acids is 1. The molecule has 5 heteroatoms. The van der Waals surface area contributed by atoms with Gasteiger partial charge in [-0.3, -0.25) is 0 Å². The molecule has 13 heavy (non-hydrogen) atoms. The van der Waals surface area contributed by atoms with Gasteiger partial charge in [0.25, 0.3) is 0 Å². The zero-order valence-corrected chi connectivity index (χ0v) is 9.75. The van der Waals surface area contributed by atoms with Crippen molar-refractivity contribution in [3.8, 4) is 0 Å². The van der Waals surface area contributed by atoms with E-state index >= 15 is 0 Å². The highest BCUT2D eigenvalue weighted by Gasteiger charge is 2.35. The molecule has 0 heterocycles. The van der Waals surface area contributed by atoms with Crippen LogP contribution in [0.5, 0.6) is 0 Å². The third-order valence-electron chi connectivity index (χ3n) is 1.71. The molecule has 3 nitrogen and oxygen atoms in total. The lowest BCUT2D eigenvalue weighted by atomic mass is 10.0. The van der Waals surface area contributed by atoms with Crippen molar-refractivity contribution in [3.05, 3.63) is 0 Å². The van der Waals surface area contributed by atoms with Crippen molar-refractivity contribution in [1.29, 1.82) is 0 Å². The van der Waals surface area contributed by atoms with Gasteiger partial charge in [-0.05, 0) is 27.7 Å². The van der Waals surface area contributed by atoms with Crippen LogP contribution < -0.4 is 0 Å². The summed E-state index contributed by atoms with van der Waals surface area (Å²) in [6.45, 7) is 6.47. The van der Waals surface area contributed by atoms with Gasteiger partial charge in [0.1, 0.15) is 5.54 Å². The maximum absolute atomic E-state index is 10.9. The first-order valence-electron chi connectivity index (χ1n) is 3.76. The number of aliphatic carboxylic acids is 1. The zero-order valence-electron chi connectivity index (χ0n) is 8.12. The Bertz CT molecular complexity index is 247. The molecule has 0 fully saturated rings. The molecule has 0 aliphatic heterocycles. The molecule has 0 aliphatic rings. The molecule has 0 aromatic rings. The topological polar surface area (TPSA) is 40.5 Å². The molecule has 0 rings (SSSR count). The minimum atomic E-state index is -1.07. The first-order chi connectivity index (χ1) is 5.71. The summed E-state index contributed by atoms with van der Waals surface area (Å²) in [6, 6.07) is 0. The lowest BCUT2D eigenvalue weighted by Gasteiger charge is -2.35. The maximum Gasteiger partial charge on any atom is 0.329 e. The van der Waals surface area contributed by atoms with Crippen LogP contribution in [0.1, 0.15) is 27.7 Å². The maximum atomic E-state index is 10.9. The van der Waals surface area contributed by atoms with Crippen LogP contribution in [0.3, 0.4) is 0 Å². The number of carbonyl (C=O) groups is 1. The van der Waals surface area contributed by atoms with Crippen molar-refractivity contribution in [1.82, 2.24) is 4.90 Å². The largest absolute Gasteiger partial charge is 0.480 e. The number of hydrogen-bond donors (Lipinski definition) is 1. The van der Waals surface area contributed by atoms with E-state index in [1.165, 1.54) is 4.90 Å². The van der Waals surface area contributed by atoms with Gasteiger partial charge in [-0.1, -0.05) is 24.4 Å². The second-order valence-corrected chi connectivity index (χ2v) is 4.42. The fraction of sp³-hybridized carbons (Fsp3) is 0.625. The number of hydrogen-bond acceptors (Lipinski definition) is 3. The molecule has 0 aromatic heterocycles. The predicted octanol–water partition coefficient (Wildman–Crippen LogP) is 1.85. The summed E-state index contributed by atoms with van der Waals surface area (Å²) in [7, 11) is 0. The second-order valence-electron chi connectivity index (χ2n) is 3.24. The average molecular weight is 219 g/mol. The van der Waals surface area contributed by atoms with Crippen molar-refractivity contribution < 1.29 is 9.90 Å². The van der Waals surface area contributed by atoms with E-state index in [2.05, 4.69) is 0 Å². The Hall–Kier alpha value is -0.550. The fourth-order valence-electron chi connectivity index (χ4n) is 1.10. The Kier molecular flexibility index (Phi) is 3.93. The lowest BCUT2D eigenvalue weighted by Crippen LogP contribution is -2.53. The SMILES string of the molecule is CC(=S)N(C(C)=S)C(C)(C)C(=O)O. The molecule has 0 spiro atoms. The molecule has 0 saturated carbocycles. The number of carboxylic acid groups (broad SMARTS) is 1. The second kappa shape index (κ2) is 4.11. The van der Waals surface area contributed by atoms with Crippen molar-refractivity contribution in [2.24, 2.45) is 0 Å². The quantitative estimate of drug-likeness (QED) is 0.718. The van der Waals surface area contributed by atoms with Crippen LogP contribution in [0, 0.1) is 0 Å². The Morgan fingerprint density at radius 1 is 1.23 bits per heavy atom. The van der Waals surface area contributed by atoms with Crippen LogP contribution in [-0.2, 0) is 4.79 Å². The molecule has 0 radical (unpaired) electrons. The van der Waals surface area contributed by atoms with E-state index in [4.69, 9.17) is 29.5 Å². The van der Waals surface area contributed by atoms with Gasteiger partial charge < -0.3 is 10.0 Å². The molecule has 1 N–H and O–H groups in total. The minimum absolute atomic E-state index is 0.472. The molecule has 0 aliphatic carbocycles. The molecular formula is C8H13NO2S2. The summed E-state index contributed by atoms with van der Waals surface area (Å²) < 4.78 is 0. The van der Waals surface area contributed by atoms with E-state index in [1.807, 2.05) is 0 Å². The van der Waals surface area contributed by atoms with Crippen molar-refractivity contribution >= 4 is 40.4 Å². The summed E-state index contributed by atoms with van der Waals surface area (Å²) in [5.74, 6) is -0.944. The first-order valence-corrected chi connectivity index (χ1v) is 4.57. The highest BCUT2D eigenvalue weighted by Crippen LogP contribution is 2.16. The van der Waals surface area contributed by atoms with E-state index in [0.717, 1.165) is 0 Å². The van der Waals surface area contributed by atoms with Gasteiger partial charge in [-0.2, -0.15) is 0 Å². The van der Waals surface area contributed by atoms with Gasteiger partial charge in [0.2, 0.25) is 0 Å². The monoisotopic (exact) mass is 219 g/mol. The number of nitrogens with zero attached hydrogens (tertiary/aromatic N) is 1. The van der Waals surface area contributed by atoms with Gasteiger partial charge in [-0.15, -0.1) is 0 Å². The Labute approximate surface area is 88.7 Å². The molecule has 0 saturated heterocycles. The van der Waals surface area contributed by atoms with E-state index < -0.39 is 11.5 Å². The normalized spacial score (nSPS) is 10.8. The Morgan fingerprint density at radius 2 is 1.54 bits per heavy atom. The van der Waals surface area contributed by atoms with Crippen LogP contribution >= 0.6 is 24.4 Å². The summed E-state index contributed by atoms with van der Waals surface area (Å²) in [5.41, 5.74) is -1.07. The van der Waals surface area contributed by atoms with E-state index in [1.54, 1.807) is 27.7 Å². The van der Waals surface area contributed by atoms with Crippen LogP contribution in [0.2, 0.25) is 0 Å². The van der Waals surface area contributed by atoms with E-state index in [9.17, 15) is 4.79 Å². The fourth-order valence-corrected chi connectivity index (χ4v) is 1.89. The Balaban J connectivity index is 5.06. The van der Waals surface area contributed by atoms with Crippen LogP contribution in [0.25, 0.3) is 0 Å². The number of thiocarbonyl (C=S) groups is 2. The van der Waals surface area contributed by atoms with Gasteiger partial charge in [0.15, 0.2) is 0 Å². The van der Waals surface area contributed by atoms with Crippen LogP contribution in [0.15, 0.2) is 0 Å².